The van der Waals surface area contributed by atoms with E-state index >= 15 is 0 Å². The topological polar surface area (TPSA) is 63.3 Å². The second-order valence-corrected chi connectivity index (χ2v) is 12.5. The van der Waals surface area contributed by atoms with Crippen LogP contribution in [-0.2, 0) is 6.42 Å². The number of anilines is 2. The van der Waals surface area contributed by atoms with E-state index < -0.39 is 0 Å². The van der Waals surface area contributed by atoms with Gasteiger partial charge in [0.1, 0.15) is 0 Å². The number of hydrazone groups is 1. The van der Waals surface area contributed by atoms with Crippen LogP contribution in [0, 0.1) is 42.4 Å². The summed E-state index contributed by atoms with van der Waals surface area (Å²) in [4.78, 5) is 6.50. The molecule has 1 heterocycles. The van der Waals surface area contributed by atoms with Crippen LogP contribution in [0.2, 0.25) is 0 Å². The highest BCUT2D eigenvalue weighted by Crippen LogP contribution is 2.65. The van der Waals surface area contributed by atoms with Gasteiger partial charge in [0.05, 0.1) is 10.6 Å². The summed E-state index contributed by atoms with van der Waals surface area (Å²) in [6, 6.07) is 6.58. The molecule has 0 unspecified atom stereocenters. The van der Waals surface area contributed by atoms with E-state index in [1.165, 1.54) is 59.5 Å². The summed E-state index contributed by atoms with van der Waals surface area (Å²) in [5.74, 6) is 8.08. The van der Waals surface area contributed by atoms with Crippen LogP contribution in [0.3, 0.4) is 0 Å². The molecule has 4 aliphatic carbocycles. The Morgan fingerprint density at radius 2 is 1.91 bits per heavy atom. The van der Waals surface area contributed by atoms with Gasteiger partial charge in [-0.1, -0.05) is 49.0 Å². The Kier molecular flexibility index (Phi) is 4.82. The predicted octanol–water partition coefficient (Wildman–Crippen LogP) is 7.00. The number of allylic oxidation sites excluding steroid dienone is 2. The fourth-order valence-electron chi connectivity index (χ4n) is 8.00. The van der Waals surface area contributed by atoms with Gasteiger partial charge in [0.25, 0.3) is 0 Å². The average molecular weight is 461 g/mol. The number of nitrogens with one attached hydrogen (secondary N) is 1. The van der Waals surface area contributed by atoms with Crippen molar-refractivity contribution in [1.29, 1.82) is 0 Å². The van der Waals surface area contributed by atoms with Crippen LogP contribution in [0.15, 0.2) is 29.4 Å². The molecule has 4 aliphatic rings. The number of benzene rings is 1. The number of fused-ring (bicyclic) bond motifs is 7. The third kappa shape index (κ3) is 3.07. The zero-order chi connectivity index (χ0) is 23.0. The molecule has 0 bridgehead atoms. The minimum Gasteiger partial charge on any atom is -0.331 e. The number of aryl methyl sites for hydroxylation is 3. The van der Waals surface area contributed by atoms with Crippen molar-refractivity contribution in [3.05, 3.63) is 46.0 Å². The fraction of sp³-hybridized carbons (Fsp3) is 0.571. The molecule has 6 rings (SSSR count). The SMILES string of the molecule is Cc1ccc(Nc2nc3c(s2)C2=CC[C@@H]4[C@H](CC[C@]5(C)/C(=N/N)CC[C@@H]45)[C@@]2(C)CC3)c(C)c1. The van der Waals surface area contributed by atoms with Crippen molar-refractivity contribution in [1.82, 2.24) is 4.98 Å². The van der Waals surface area contributed by atoms with E-state index in [1.807, 2.05) is 11.3 Å². The summed E-state index contributed by atoms with van der Waals surface area (Å²) >= 11 is 1.86. The normalized spacial score (nSPS) is 35.9. The summed E-state index contributed by atoms with van der Waals surface area (Å²) in [6.45, 7) is 9.32. The van der Waals surface area contributed by atoms with Gasteiger partial charge in [0, 0.05) is 16.8 Å². The minimum atomic E-state index is 0.227. The highest BCUT2D eigenvalue weighted by atomic mass is 32.1. The van der Waals surface area contributed by atoms with Gasteiger partial charge in [-0.3, -0.25) is 0 Å². The Morgan fingerprint density at radius 1 is 1.09 bits per heavy atom. The van der Waals surface area contributed by atoms with E-state index in [9.17, 15) is 0 Å². The molecule has 1 aromatic heterocycles. The van der Waals surface area contributed by atoms with Crippen molar-refractivity contribution < 1.29 is 0 Å². The molecule has 0 spiro atoms. The van der Waals surface area contributed by atoms with Crippen LogP contribution in [0.1, 0.15) is 74.1 Å². The van der Waals surface area contributed by atoms with E-state index in [1.54, 1.807) is 5.57 Å². The van der Waals surface area contributed by atoms with E-state index in [0.29, 0.717) is 0 Å². The maximum Gasteiger partial charge on any atom is 0.187 e. The molecule has 1 aromatic carbocycles. The van der Waals surface area contributed by atoms with Crippen molar-refractivity contribution in [2.75, 3.05) is 5.32 Å². The number of hydrogen-bond acceptors (Lipinski definition) is 5. The number of nitrogens with zero attached hydrogens (tertiary/aromatic N) is 2. The lowest BCUT2D eigenvalue weighted by Crippen LogP contribution is -2.49. The molecule has 0 aliphatic heterocycles. The van der Waals surface area contributed by atoms with Crippen LogP contribution in [0.5, 0.6) is 0 Å². The minimum absolute atomic E-state index is 0.227. The van der Waals surface area contributed by atoms with Gasteiger partial charge in [0.15, 0.2) is 5.13 Å². The smallest absolute Gasteiger partial charge is 0.187 e. The number of aromatic nitrogens is 1. The van der Waals surface area contributed by atoms with Crippen molar-refractivity contribution >= 4 is 33.4 Å². The van der Waals surface area contributed by atoms with Crippen molar-refractivity contribution in [2.24, 2.45) is 39.5 Å². The van der Waals surface area contributed by atoms with Crippen LogP contribution >= 0.6 is 11.3 Å². The molecule has 2 fully saturated rings. The van der Waals surface area contributed by atoms with Gasteiger partial charge in [-0.05, 0) is 99.2 Å². The summed E-state index contributed by atoms with van der Waals surface area (Å²) in [7, 11) is 0. The average Bonchev–Trinajstić information content (AvgIpc) is 3.35. The van der Waals surface area contributed by atoms with Gasteiger partial charge in [0.2, 0.25) is 0 Å². The zero-order valence-corrected chi connectivity index (χ0v) is 21.2. The molecule has 5 atom stereocenters. The standard InChI is InChI=1S/C28H36N4S/c1-16-5-9-22(17(2)15-16)30-26-31-23-12-14-27(3)20-11-13-28(4)19(8-10-24(28)32-29)18(20)6-7-21(27)25(23)33-26/h5,7,9,15,18-20H,6,8,10-14,29H2,1-4H3,(H,30,31)/b32-24+/t18-,19-,20-,27+,28-/m0/s1. The summed E-state index contributed by atoms with van der Waals surface area (Å²) in [5.41, 5.74) is 8.39. The Hall–Kier alpha value is -2.14. The molecular formula is C28H36N4S. The molecule has 0 radical (unpaired) electrons. The molecular weight excluding hydrogens is 424 g/mol. The van der Waals surface area contributed by atoms with Crippen LogP contribution in [-0.4, -0.2) is 10.7 Å². The first-order valence-corrected chi connectivity index (χ1v) is 13.5. The van der Waals surface area contributed by atoms with E-state index in [-0.39, 0.29) is 10.8 Å². The molecule has 3 N–H and O–H groups in total. The number of nitrogens with two attached hydrogens (primary N) is 1. The van der Waals surface area contributed by atoms with Crippen LogP contribution < -0.4 is 11.2 Å². The molecule has 2 saturated carbocycles. The van der Waals surface area contributed by atoms with E-state index in [4.69, 9.17) is 10.8 Å². The lowest BCUT2D eigenvalue weighted by atomic mass is 9.48. The summed E-state index contributed by atoms with van der Waals surface area (Å²) in [5, 5.41) is 8.91. The highest BCUT2D eigenvalue weighted by Gasteiger charge is 2.58. The van der Waals surface area contributed by atoms with Crippen molar-refractivity contribution in [3.63, 3.8) is 0 Å². The molecule has 5 heteroatoms. The van der Waals surface area contributed by atoms with E-state index in [0.717, 1.165) is 41.4 Å². The molecule has 0 saturated heterocycles. The van der Waals surface area contributed by atoms with E-state index in [2.05, 4.69) is 62.4 Å². The molecule has 174 valence electrons. The first kappa shape index (κ1) is 21.4. The maximum atomic E-state index is 5.82. The van der Waals surface area contributed by atoms with Gasteiger partial charge in [-0.2, -0.15) is 5.10 Å². The largest absolute Gasteiger partial charge is 0.331 e. The highest BCUT2D eigenvalue weighted by molar-refractivity contribution is 7.16. The second-order valence-electron chi connectivity index (χ2n) is 11.5. The predicted molar refractivity (Wildman–Crippen MR) is 139 cm³/mol. The Morgan fingerprint density at radius 3 is 2.70 bits per heavy atom. The first-order valence-electron chi connectivity index (χ1n) is 12.7. The number of rotatable bonds is 2. The first-order chi connectivity index (χ1) is 15.8. The quantitative estimate of drug-likeness (QED) is 0.374. The van der Waals surface area contributed by atoms with Crippen LogP contribution in [0.25, 0.3) is 5.57 Å². The van der Waals surface area contributed by atoms with Gasteiger partial charge in [-0.15, -0.1) is 0 Å². The number of hydrogen-bond donors (Lipinski definition) is 2. The molecule has 4 nitrogen and oxygen atoms in total. The molecule has 33 heavy (non-hydrogen) atoms. The fourth-order valence-corrected chi connectivity index (χ4v) is 9.20. The Balaban J connectivity index is 1.32. The van der Waals surface area contributed by atoms with Crippen LogP contribution in [0.4, 0.5) is 10.8 Å². The summed E-state index contributed by atoms with van der Waals surface area (Å²) in [6.07, 6.45) is 11.0. The van der Waals surface area contributed by atoms with Gasteiger partial charge in [-0.25, -0.2) is 4.98 Å². The Labute approximate surface area is 201 Å². The van der Waals surface area contributed by atoms with Crippen molar-refractivity contribution in [2.45, 2.75) is 72.6 Å². The van der Waals surface area contributed by atoms with Gasteiger partial charge >= 0.3 is 0 Å². The summed E-state index contributed by atoms with van der Waals surface area (Å²) < 4.78 is 0. The number of thiazole rings is 1. The zero-order valence-electron chi connectivity index (χ0n) is 20.4. The molecule has 2 aromatic rings. The third-order valence-electron chi connectivity index (χ3n) is 9.81. The van der Waals surface area contributed by atoms with Gasteiger partial charge < -0.3 is 11.2 Å². The van der Waals surface area contributed by atoms with Crippen molar-refractivity contribution in [3.8, 4) is 0 Å². The Bertz CT molecular complexity index is 1180. The molecule has 0 amide bonds. The third-order valence-corrected chi connectivity index (χ3v) is 10.9. The maximum absolute atomic E-state index is 5.82. The second kappa shape index (κ2) is 7.43. The lowest BCUT2D eigenvalue weighted by molar-refractivity contribution is 0.0117. The lowest BCUT2D eigenvalue weighted by Gasteiger charge is -2.56. The monoisotopic (exact) mass is 460 g/mol.